The highest BCUT2D eigenvalue weighted by molar-refractivity contribution is 7.92. The number of hydrogen-bond donors (Lipinski definition) is 1. The van der Waals surface area contributed by atoms with Gasteiger partial charge in [0.05, 0.1) is 23.4 Å². The molecule has 0 heterocycles. The molecule has 0 saturated heterocycles. The number of amides is 1. The minimum absolute atomic E-state index is 0.108. The monoisotopic (exact) mass is 493 g/mol. The van der Waals surface area contributed by atoms with E-state index in [-0.39, 0.29) is 4.90 Å². The zero-order valence-electron chi connectivity index (χ0n) is 20.4. The van der Waals surface area contributed by atoms with E-state index in [1.54, 1.807) is 24.3 Å². The Hall–Kier alpha value is -3.65. The minimum atomic E-state index is -3.98. The molecule has 0 radical (unpaired) electrons. The molecule has 3 rings (SSSR count). The minimum Gasteiger partial charge on any atom is -0.493 e. The Morgan fingerprint density at radius 1 is 1.03 bits per heavy atom. The first-order valence-electron chi connectivity index (χ1n) is 11.4. The summed E-state index contributed by atoms with van der Waals surface area (Å²) < 4.78 is 33.7. The molecule has 1 amide bonds. The number of hydrazone groups is 1. The highest BCUT2D eigenvalue weighted by Gasteiger charge is 2.28. The lowest BCUT2D eigenvalue weighted by Gasteiger charge is -2.25. The standard InChI is InChI=1S/C27H31N3O4S/c1-20(2)19-34-24-14-12-23(13-15-24)17-28-29-27(31)18-30(26-16-21(3)10-11-22(26)4)35(32,33)25-8-6-5-7-9-25/h5-17,20H,18-19H2,1-4H3,(H,29,31)/b28-17-. The van der Waals surface area contributed by atoms with Crippen molar-refractivity contribution in [3.63, 3.8) is 0 Å². The molecule has 3 aromatic carbocycles. The number of anilines is 1. The molecule has 0 aliphatic rings. The fourth-order valence-electron chi connectivity index (χ4n) is 3.27. The summed E-state index contributed by atoms with van der Waals surface area (Å²) in [6, 6.07) is 20.9. The van der Waals surface area contributed by atoms with Gasteiger partial charge in [0.2, 0.25) is 0 Å². The Morgan fingerprint density at radius 3 is 2.37 bits per heavy atom. The molecule has 0 aliphatic heterocycles. The number of ether oxygens (including phenoxy) is 1. The first-order chi connectivity index (χ1) is 16.7. The van der Waals surface area contributed by atoms with Crippen LogP contribution in [0, 0.1) is 19.8 Å². The second-order valence-electron chi connectivity index (χ2n) is 8.68. The lowest BCUT2D eigenvalue weighted by atomic mass is 10.1. The Labute approximate surface area is 207 Å². The molecular formula is C27H31N3O4S. The van der Waals surface area contributed by atoms with Crippen LogP contribution in [0.25, 0.3) is 0 Å². The van der Waals surface area contributed by atoms with E-state index >= 15 is 0 Å². The maximum absolute atomic E-state index is 13.4. The van der Waals surface area contributed by atoms with Crippen LogP contribution >= 0.6 is 0 Å². The van der Waals surface area contributed by atoms with Gasteiger partial charge < -0.3 is 4.74 Å². The molecule has 0 spiro atoms. The van der Waals surface area contributed by atoms with Crippen molar-refractivity contribution in [3.05, 3.63) is 89.5 Å². The maximum atomic E-state index is 13.4. The van der Waals surface area contributed by atoms with Crippen LogP contribution in [0.5, 0.6) is 5.75 Å². The van der Waals surface area contributed by atoms with Crippen molar-refractivity contribution >= 4 is 27.8 Å². The Kier molecular flexibility index (Phi) is 8.65. The molecule has 7 nitrogen and oxygen atoms in total. The van der Waals surface area contributed by atoms with Gasteiger partial charge in [0.1, 0.15) is 12.3 Å². The number of carbonyl (C=O) groups is 1. The number of benzene rings is 3. The molecule has 0 fully saturated rings. The van der Waals surface area contributed by atoms with Crippen LogP contribution in [0.2, 0.25) is 0 Å². The zero-order valence-corrected chi connectivity index (χ0v) is 21.2. The van der Waals surface area contributed by atoms with Crippen LogP contribution < -0.4 is 14.5 Å². The summed E-state index contributed by atoms with van der Waals surface area (Å²) in [7, 11) is -3.98. The molecule has 8 heteroatoms. The van der Waals surface area contributed by atoms with Crippen molar-refractivity contribution in [1.82, 2.24) is 5.43 Å². The van der Waals surface area contributed by atoms with Crippen molar-refractivity contribution < 1.29 is 17.9 Å². The first kappa shape index (κ1) is 26.0. The fraction of sp³-hybridized carbons (Fsp3) is 0.259. The number of aryl methyl sites for hydroxylation is 2. The van der Waals surface area contributed by atoms with Gasteiger partial charge in [0.15, 0.2) is 0 Å². The van der Waals surface area contributed by atoms with Gasteiger partial charge in [-0.2, -0.15) is 5.10 Å². The van der Waals surface area contributed by atoms with Crippen LogP contribution in [0.15, 0.2) is 82.8 Å². The Balaban J connectivity index is 1.75. The molecule has 3 aromatic rings. The van der Waals surface area contributed by atoms with Crippen LogP contribution in [-0.4, -0.2) is 33.7 Å². The van der Waals surface area contributed by atoms with Gasteiger partial charge >= 0.3 is 0 Å². The summed E-state index contributed by atoms with van der Waals surface area (Å²) in [5.74, 6) is 0.633. The maximum Gasteiger partial charge on any atom is 0.264 e. The third kappa shape index (κ3) is 7.16. The van der Waals surface area contributed by atoms with Gasteiger partial charge in [-0.3, -0.25) is 9.10 Å². The quantitative estimate of drug-likeness (QED) is 0.328. The molecule has 184 valence electrons. The topological polar surface area (TPSA) is 88.1 Å². The summed E-state index contributed by atoms with van der Waals surface area (Å²) in [5, 5.41) is 4.00. The van der Waals surface area contributed by atoms with Crippen molar-refractivity contribution in [2.24, 2.45) is 11.0 Å². The van der Waals surface area contributed by atoms with E-state index in [9.17, 15) is 13.2 Å². The highest BCUT2D eigenvalue weighted by Crippen LogP contribution is 2.27. The van der Waals surface area contributed by atoms with Gasteiger partial charge in [0.25, 0.3) is 15.9 Å². The van der Waals surface area contributed by atoms with Gasteiger partial charge in [-0.25, -0.2) is 13.8 Å². The second-order valence-corrected chi connectivity index (χ2v) is 10.5. The normalized spacial score (nSPS) is 11.6. The largest absolute Gasteiger partial charge is 0.493 e. The van der Waals surface area contributed by atoms with E-state index in [1.165, 1.54) is 18.3 Å². The van der Waals surface area contributed by atoms with Gasteiger partial charge in [-0.05, 0) is 78.9 Å². The fourth-order valence-corrected chi connectivity index (χ4v) is 4.76. The van der Waals surface area contributed by atoms with Gasteiger partial charge in [-0.1, -0.05) is 44.2 Å². The summed E-state index contributed by atoms with van der Waals surface area (Å²) in [6.07, 6.45) is 1.50. The van der Waals surface area contributed by atoms with Crippen LogP contribution in [0.1, 0.15) is 30.5 Å². The molecule has 0 bridgehead atoms. The van der Waals surface area contributed by atoms with Gasteiger partial charge in [-0.15, -0.1) is 0 Å². The van der Waals surface area contributed by atoms with Gasteiger partial charge in [0, 0.05) is 0 Å². The third-order valence-electron chi connectivity index (χ3n) is 5.12. The Bertz CT molecular complexity index is 1270. The molecule has 0 aromatic heterocycles. The average Bonchev–Trinajstić information content (AvgIpc) is 2.84. The van der Waals surface area contributed by atoms with E-state index in [2.05, 4.69) is 24.4 Å². The molecular weight excluding hydrogens is 462 g/mol. The molecule has 1 N–H and O–H groups in total. The number of nitrogens with one attached hydrogen (secondary N) is 1. The molecule has 0 aliphatic carbocycles. The number of nitrogens with zero attached hydrogens (tertiary/aromatic N) is 2. The van der Waals surface area contributed by atoms with Crippen molar-refractivity contribution in [1.29, 1.82) is 0 Å². The number of rotatable bonds is 10. The van der Waals surface area contributed by atoms with E-state index < -0.39 is 22.5 Å². The average molecular weight is 494 g/mol. The van der Waals surface area contributed by atoms with Crippen molar-refractivity contribution in [2.45, 2.75) is 32.6 Å². The Morgan fingerprint density at radius 2 is 1.71 bits per heavy atom. The lowest BCUT2D eigenvalue weighted by molar-refractivity contribution is -0.119. The highest BCUT2D eigenvalue weighted by atomic mass is 32.2. The van der Waals surface area contributed by atoms with E-state index in [4.69, 9.17) is 4.74 Å². The zero-order chi connectivity index (χ0) is 25.4. The predicted octanol–water partition coefficient (Wildman–Crippen LogP) is 4.68. The van der Waals surface area contributed by atoms with E-state index in [0.29, 0.717) is 18.2 Å². The first-order valence-corrected chi connectivity index (χ1v) is 12.8. The smallest absolute Gasteiger partial charge is 0.264 e. The SMILES string of the molecule is Cc1ccc(C)c(N(CC(=O)N/N=C\c2ccc(OCC(C)C)cc2)S(=O)(=O)c2ccccc2)c1. The van der Waals surface area contributed by atoms with Crippen molar-refractivity contribution in [2.75, 3.05) is 17.5 Å². The molecule has 0 unspecified atom stereocenters. The summed E-state index contributed by atoms with van der Waals surface area (Å²) >= 11 is 0. The second kappa shape index (κ2) is 11.7. The predicted molar refractivity (Wildman–Crippen MR) is 139 cm³/mol. The lowest BCUT2D eigenvalue weighted by Crippen LogP contribution is -2.40. The van der Waals surface area contributed by atoms with Crippen LogP contribution in [0.3, 0.4) is 0 Å². The van der Waals surface area contributed by atoms with Crippen molar-refractivity contribution in [3.8, 4) is 5.75 Å². The molecule has 0 saturated carbocycles. The summed E-state index contributed by atoms with van der Waals surface area (Å²) in [4.78, 5) is 12.9. The van der Waals surface area contributed by atoms with Crippen LogP contribution in [-0.2, 0) is 14.8 Å². The number of hydrogen-bond acceptors (Lipinski definition) is 5. The summed E-state index contributed by atoms with van der Waals surface area (Å²) in [5.41, 5.74) is 5.28. The number of carbonyl (C=O) groups excluding carboxylic acids is 1. The summed E-state index contributed by atoms with van der Waals surface area (Å²) in [6.45, 7) is 8.06. The molecule has 0 atom stereocenters. The van der Waals surface area contributed by atoms with E-state index in [0.717, 1.165) is 26.7 Å². The third-order valence-corrected chi connectivity index (χ3v) is 6.89. The van der Waals surface area contributed by atoms with Crippen LogP contribution in [0.4, 0.5) is 5.69 Å². The van der Waals surface area contributed by atoms with E-state index in [1.807, 2.05) is 50.2 Å². The number of sulfonamides is 1. The molecule has 35 heavy (non-hydrogen) atoms.